The summed E-state index contributed by atoms with van der Waals surface area (Å²) in [6.45, 7) is 9.88. The molecule has 2 aliphatic rings. The zero-order valence-corrected chi connectivity index (χ0v) is 11.0. The van der Waals surface area contributed by atoms with Gasteiger partial charge < -0.3 is 10.2 Å². The van der Waals surface area contributed by atoms with E-state index in [1.807, 2.05) is 0 Å². The molecular formula is C14H28N2. The number of hydrogen-bond acceptors (Lipinski definition) is 2. The lowest BCUT2D eigenvalue weighted by atomic mass is 9.94. The van der Waals surface area contributed by atoms with Crippen LogP contribution in [0.2, 0.25) is 0 Å². The SMILES string of the molecule is CCCN(CC1CC1)CC1CC(C)CCN1. The van der Waals surface area contributed by atoms with Gasteiger partial charge in [0.05, 0.1) is 0 Å². The van der Waals surface area contributed by atoms with Crippen molar-refractivity contribution in [3.05, 3.63) is 0 Å². The molecule has 2 unspecified atom stereocenters. The van der Waals surface area contributed by atoms with Crippen LogP contribution in [0.15, 0.2) is 0 Å². The van der Waals surface area contributed by atoms with Crippen LogP contribution in [0.4, 0.5) is 0 Å². The Balaban J connectivity index is 1.74. The van der Waals surface area contributed by atoms with Gasteiger partial charge in [0.25, 0.3) is 0 Å². The van der Waals surface area contributed by atoms with Crippen LogP contribution in [0, 0.1) is 11.8 Å². The summed E-state index contributed by atoms with van der Waals surface area (Å²) in [4.78, 5) is 2.70. The van der Waals surface area contributed by atoms with E-state index in [0.717, 1.165) is 17.9 Å². The normalized spacial score (nSPS) is 30.9. The molecule has 0 amide bonds. The minimum absolute atomic E-state index is 0.758. The molecule has 0 spiro atoms. The molecule has 0 aromatic carbocycles. The molecule has 94 valence electrons. The van der Waals surface area contributed by atoms with Crippen LogP contribution in [0.1, 0.15) is 46.0 Å². The van der Waals surface area contributed by atoms with Crippen molar-refractivity contribution in [3.8, 4) is 0 Å². The van der Waals surface area contributed by atoms with Crippen LogP contribution in [0.3, 0.4) is 0 Å². The van der Waals surface area contributed by atoms with E-state index in [2.05, 4.69) is 24.1 Å². The van der Waals surface area contributed by atoms with E-state index in [-0.39, 0.29) is 0 Å². The summed E-state index contributed by atoms with van der Waals surface area (Å²) in [5.74, 6) is 1.96. The molecule has 2 heteroatoms. The highest BCUT2D eigenvalue weighted by Gasteiger charge is 2.26. The Labute approximate surface area is 101 Å². The first-order chi connectivity index (χ1) is 7.78. The number of hydrogen-bond donors (Lipinski definition) is 1. The van der Waals surface area contributed by atoms with E-state index in [0.29, 0.717) is 0 Å². The Morgan fingerprint density at radius 2 is 2.00 bits per heavy atom. The Kier molecular flexibility index (Phi) is 4.66. The third-order valence-electron chi connectivity index (χ3n) is 3.99. The predicted molar refractivity (Wildman–Crippen MR) is 69.6 cm³/mol. The van der Waals surface area contributed by atoms with Crippen LogP contribution in [-0.2, 0) is 0 Å². The van der Waals surface area contributed by atoms with E-state index in [4.69, 9.17) is 0 Å². The molecular weight excluding hydrogens is 196 g/mol. The largest absolute Gasteiger partial charge is 0.313 e. The Morgan fingerprint density at radius 3 is 2.62 bits per heavy atom. The molecule has 2 fully saturated rings. The molecule has 0 aromatic rings. The quantitative estimate of drug-likeness (QED) is 0.746. The van der Waals surface area contributed by atoms with Crippen molar-refractivity contribution in [2.45, 2.75) is 52.0 Å². The van der Waals surface area contributed by atoms with Crippen molar-refractivity contribution < 1.29 is 0 Å². The molecule has 1 aliphatic heterocycles. The Hall–Kier alpha value is -0.0800. The van der Waals surface area contributed by atoms with Crippen molar-refractivity contribution in [1.29, 1.82) is 0 Å². The topological polar surface area (TPSA) is 15.3 Å². The number of nitrogens with zero attached hydrogens (tertiary/aromatic N) is 1. The van der Waals surface area contributed by atoms with Gasteiger partial charge in [-0.05, 0) is 57.0 Å². The lowest BCUT2D eigenvalue weighted by molar-refractivity contribution is 0.200. The van der Waals surface area contributed by atoms with Crippen LogP contribution in [0.5, 0.6) is 0 Å². The maximum atomic E-state index is 3.69. The molecule has 2 rings (SSSR count). The first kappa shape index (κ1) is 12.4. The third-order valence-corrected chi connectivity index (χ3v) is 3.99. The first-order valence-corrected chi connectivity index (χ1v) is 7.23. The van der Waals surface area contributed by atoms with Crippen LogP contribution >= 0.6 is 0 Å². The fourth-order valence-corrected chi connectivity index (χ4v) is 2.91. The molecule has 2 atom stereocenters. The van der Waals surface area contributed by atoms with Gasteiger partial charge in [0, 0.05) is 19.1 Å². The third kappa shape index (κ3) is 4.06. The second-order valence-corrected chi connectivity index (χ2v) is 5.98. The van der Waals surface area contributed by atoms with Gasteiger partial charge in [-0.15, -0.1) is 0 Å². The summed E-state index contributed by atoms with van der Waals surface area (Å²) in [5.41, 5.74) is 0. The number of rotatable bonds is 6. The van der Waals surface area contributed by atoms with Crippen LogP contribution in [-0.4, -0.2) is 37.1 Å². The summed E-state index contributed by atoms with van der Waals surface area (Å²) in [6.07, 6.45) is 7.01. The van der Waals surface area contributed by atoms with Gasteiger partial charge in [-0.25, -0.2) is 0 Å². The predicted octanol–water partition coefficient (Wildman–Crippen LogP) is 2.50. The van der Waals surface area contributed by atoms with Gasteiger partial charge in [0.15, 0.2) is 0 Å². The average Bonchev–Trinajstić information content (AvgIpc) is 3.02. The Morgan fingerprint density at radius 1 is 1.19 bits per heavy atom. The maximum absolute atomic E-state index is 3.69. The molecule has 1 aliphatic carbocycles. The van der Waals surface area contributed by atoms with Crippen molar-refractivity contribution in [1.82, 2.24) is 10.2 Å². The molecule has 1 saturated heterocycles. The van der Waals surface area contributed by atoms with E-state index < -0.39 is 0 Å². The summed E-state index contributed by atoms with van der Waals surface area (Å²) >= 11 is 0. The molecule has 0 radical (unpaired) electrons. The molecule has 1 saturated carbocycles. The molecule has 0 bridgehead atoms. The second-order valence-electron chi connectivity index (χ2n) is 5.98. The summed E-state index contributed by atoms with van der Waals surface area (Å²) in [7, 11) is 0. The summed E-state index contributed by atoms with van der Waals surface area (Å²) in [6, 6.07) is 0.758. The second kappa shape index (κ2) is 6.02. The zero-order chi connectivity index (χ0) is 11.4. The molecule has 1 N–H and O–H groups in total. The van der Waals surface area contributed by atoms with Crippen molar-refractivity contribution in [3.63, 3.8) is 0 Å². The van der Waals surface area contributed by atoms with Crippen molar-refractivity contribution >= 4 is 0 Å². The average molecular weight is 224 g/mol. The van der Waals surface area contributed by atoms with Gasteiger partial charge in [0.2, 0.25) is 0 Å². The Bertz CT molecular complexity index is 201. The van der Waals surface area contributed by atoms with Gasteiger partial charge in [-0.1, -0.05) is 13.8 Å². The fourth-order valence-electron chi connectivity index (χ4n) is 2.91. The highest BCUT2D eigenvalue weighted by atomic mass is 15.2. The lowest BCUT2D eigenvalue weighted by Gasteiger charge is -2.33. The molecule has 0 aromatic heterocycles. The van der Waals surface area contributed by atoms with Crippen molar-refractivity contribution in [2.24, 2.45) is 11.8 Å². The monoisotopic (exact) mass is 224 g/mol. The summed E-state index contributed by atoms with van der Waals surface area (Å²) < 4.78 is 0. The van der Waals surface area contributed by atoms with Gasteiger partial charge >= 0.3 is 0 Å². The zero-order valence-electron chi connectivity index (χ0n) is 11.0. The van der Waals surface area contributed by atoms with Crippen LogP contribution in [0.25, 0.3) is 0 Å². The van der Waals surface area contributed by atoms with Crippen LogP contribution < -0.4 is 5.32 Å². The smallest absolute Gasteiger partial charge is 0.0197 e. The highest BCUT2D eigenvalue weighted by Crippen LogP contribution is 2.30. The maximum Gasteiger partial charge on any atom is 0.0197 e. The number of piperidine rings is 1. The number of nitrogens with one attached hydrogen (secondary N) is 1. The highest BCUT2D eigenvalue weighted by molar-refractivity contribution is 4.82. The van der Waals surface area contributed by atoms with E-state index in [1.54, 1.807) is 0 Å². The van der Waals surface area contributed by atoms with Crippen molar-refractivity contribution in [2.75, 3.05) is 26.2 Å². The first-order valence-electron chi connectivity index (χ1n) is 7.23. The molecule has 2 nitrogen and oxygen atoms in total. The van der Waals surface area contributed by atoms with Gasteiger partial charge in [-0.3, -0.25) is 0 Å². The van der Waals surface area contributed by atoms with Gasteiger partial charge in [-0.2, -0.15) is 0 Å². The molecule has 16 heavy (non-hydrogen) atoms. The molecule has 1 heterocycles. The lowest BCUT2D eigenvalue weighted by Crippen LogP contribution is -2.46. The fraction of sp³-hybridized carbons (Fsp3) is 1.00. The van der Waals surface area contributed by atoms with Gasteiger partial charge in [0.1, 0.15) is 0 Å². The van der Waals surface area contributed by atoms with E-state index >= 15 is 0 Å². The standard InChI is InChI=1S/C14H28N2/c1-3-8-16(10-13-4-5-13)11-14-9-12(2)6-7-15-14/h12-15H,3-11H2,1-2H3. The minimum Gasteiger partial charge on any atom is -0.313 e. The van der Waals surface area contributed by atoms with E-state index in [1.165, 1.54) is 58.3 Å². The summed E-state index contributed by atoms with van der Waals surface area (Å²) in [5, 5.41) is 3.69. The minimum atomic E-state index is 0.758. The van der Waals surface area contributed by atoms with E-state index in [9.17, 15) is 0 Å².